The van der Waals surface area contributed by atoms with Crippen LogP contribution >= 0.6 is 11.6 Å². The van der Waals surface area contributed by atoms with Gasteiger partial charge in [-0.1, -0.05) is 54.1 Å². The molecule has 0 radical (unpaired) electrons. The van der Waals surface area contributed by atoms with Crippen LogP contribution in [0.5, 0.6) is 11.5 Å². The first-order valence-electron chi connectivity index (χ1n) is 8.33. The van der Waals surface area contributed by atoms with Crippen molar-refractivity contribution >= 4 is 22.6 Å². The van der Waals surface area contributed by atoms with Gasteiger partial charge in [0.15, 0.2) is 16.9 Å². The normalized spacial score (nSPS) is 10.9. The van der Waals surface area contributed by atoms with Crippen molar-refractivity contribution in [3.8, 4) is 22.6 Å². The first kappa shape index (κ1) is 17.2. The average Bonchev–Trinajstić information content (AvgIpc) is 2.68. The lowest BCUT2D eigenvalue weighted by molar-refractivity contribution is 0.291. The lowest BCUT2D eigenvalue weighted by Gasteiger charge is -2.15. The minimum atomic E-state index is -0.332. The van der Waals surface area contributed by atoms with E-state index in [0.29, 0.717) is 16.2 Å². The second-order valence-corrected chi connectivity index (χ2v) is 6.48. The molecule has 0 aliphatic rings. The Balaban J connectivity index is 1.87. The molecule has 5 heteroatoms. The van der Waals surface area contributed by atoms with E-state index in [1.54, 1.807) is 18.2 Å². The SMILES string of the molecule is O=c1ccoc2cc(-c3ccccc3)c(OCc3cccc(Cl)c3)c(O)c12. The Morgan fingerprint density at radius 2 is 1.81 bits per heavy atom. The lowest BCUT2D eigenvalue weighted by Crippen LogP contribution is -2.03. The number of fused-ring (bicyclic) bond motifs is 1. The molecule has 27 heavy (non-hydrogen) atoms. The van der Waals surface area contributed by atoms with Crippen molar-refractivity contribution in [3.05, 3.63) is 93.8 Å². The first-order chi connectivity index (χ1) is 13.1. The second-order valence-electron chi connectivity index (χ2n) is 6.04. The molecule has 0 spiro atoms. The zero-order chi connectivity index (χ0) is 18.8. The van der Waals surface area contributed by atoms with E-state index in [4.69, 9.17) is 20.8 Å². The highest BCUT2D eigenvalue weighted by Gasteiger charge is 2.19. The van der Waals surface area contributed by atoms with Crippen molar-refractivity contribution in [1.82, 2.24) is 0 Å². The monoisotopic (exact) mass is 378 g/mol. The van der Waals surface area contributed by atoms with E-state index in [-0.39, 0.29) is 28.9 Å². The molecule has 4 aromatic rings. The molecule has 0 saturated carbocycles. The zero-order valence-electron chi connectivity index (χ0n) is 14.2. The predicted octanol–water partition coefficient (Wildman–Crippen LogP) is 5.40. The molecule has 0 atom stereocenters. The number of aromatic hydroxyl groups is 1. The van der Waals surface area contributed by atoms with Gasteiger partial charge < -0.3 is 14.3 Å². The number of rotatable bonds is 4. The van der Waals surface area contributed by atoms with Crippen molar-refractivity contribution in [2.75, 3.05) is 0 Å². The maximum Gasteiger partial charge on any atom is 0.196 e. The van der Waals surface area contributed by atoms with E-state index in [9.17, 15) is 9.90 Å². The van der Waals surface area contributed by atoms with E-state index in [2.05, 4.69) is 0 Å². The minimum absolute atomic E-state index is 0.0956. The van der Waals surface area contributed by atoms with Crippen LogP contribution in [0.1, 0.15) is 5.56 Å². The molecular formula is C22H15ClO4. The molecule has 1 heterocycles. The summed E-state index contributed by atoms with van der Waals surface area (Å²) in [6.45, 7) is 0.192. The summed E-state index contributed by atoms with van der Waals surface area (Å²) in [5.74, 6) is -0.00472. The molecule has 4 rings (SSSR count). The van der Waals surface area contributed by atoms with Crippen molar-refractivity contribution in [2.24, 2.45) is 0 Å². The minimum Gasteiger partial charge on any atom is -0.504 e. The van der Waals surface area contributed by atoms with Gasteiger partial charge in [-0.05, 0) is 29.3 Å². The first-order valence-corrected chi connectivity index (χ1v) is 8.71. The van der Waals surface area contributed by atoms with Crippen LogP contribution < -0.4 is 10.2 Å². The molecule has 0 saturated heterocycles. The Morgan fingerprint density at radius 3 is 2.59 bits per heavy atom. The van der Waals surface area contributed by atoms with Crippen LogP contribution in [0.4, 0.5) is 0 Å². The van der Waals surface area contributed by atoms with Gasteiger partial charge in [-0.3, -0.25) is 4.79 Å². The Hall–Kier alpha value is -3.24. The predicted molar refractivity (Wildman–Crippen MR) is 105 cm³/mol. The standard InChI is InChI=1S/C22H15ClO4/c23-16-8-4-5-14(11-16)13-27-22-17(15-6-2-1-3-7-15)12-19-20(21(22)25)18(24)9-10-26-19/h1-12,25H,13H2. The van der Waals surface area contributed by atoms with Gasteiger partial charge in [-0.25, -0.2) is 0 Å². The fraction of sp³-hybridized carbons (Fsp3) is 0.0455. The highest BCUT2D eigenvalue weighted by atomic mass is 35.5. The smallest absolute Gasteiger partial charge is 0.196 e. The summed E-state index contributed by atoms with van der Waals surface area (Å²) in [7, 11) is 0. The molecule has 0 unspecified atom stereocenters. The van der Waals surface area contributed by atoms with E-state index in [1.807, 2.05) is 42.5 Å². The molecule has 1 N–H and O–H groups in total. The van der Waals surface area contributed by atoms with Crippen molar-refractivity contribution in [1.29, 1.82) is 0 Å². The Kier molecular flexibility index (Phi) is 4.57. The zero-order valence-corrected chi connectivity index (χ0v) is 14.9. The summed E-state index contributed by atoms with van der Waals surface area (Å²) in [6, 6.07) is 19.7. The number of hydrogen-bond donors (Lipinski definition) is 1. The number of phenolic OH excluding ortho intramolecular Hbond substituents is 1. The van der Waals surface area contributed by atoms with Crippen LogP contribution in [0.2, 0.25) is 5.02 Å². The van der Waals surface area contributed by atoms with Gasteiger partial charge in [0.05, 0.1) is 6.26 Å². The molecule has 0 amide bonds. The summed E-state index contributed by atoms with van der Waals surface area (Å²) >= 11 is 6.03. The summed E-state index contributed by atoms with van der Waals surface area (Å²) < 4.78 is 11.4. The van der Waals surface area contributed by atoms with Crippen LogP contribution in [0.15, 0.2) is 82.2 Å². The summed E-state index contributed by atoms with van der Waals surface area (Å²) in [4.78, 5) is 12.2. The van der Waals surface area contributed by atoms with E-state index >= 15 is 0 Å². The maximum atomic E-state index is 12.2. The third-order valence-corrected chi connectivity index (χ3v) is 4.47. The van der Waals surface area contributed by atoms with Gasteiger partial charge in [0.2, 0.25) is 0 Å². The van der Waals surface area contributed by atoms with Gasteiger partial charge >= 0.3 is 0 Å². The van der Waals surface area contributed by atoms with Crippen LogP contribution in [-0.4, -0.2) is 5.11 Å². The number of ether oxygens (including phenoxy) is 1. The molecule has 0 fully saturated rings. The molecule has 3 aromatic carbocycles. The average molecular weight is 379 g/mol. The second kappa shape index (κ2) is 7.17. The van der Waals surface area contributed by atoms with Crippen molar-refractivity contribution < 1.29 is 14.3 Å². The molecule has 0 aliphatic carbocycles. The van der Waals surface area contributed by atoms with E-state index < -0.39 is 0 Å². The quantitative estimate of drug-likeness (QED) is 0.516. The largest absolute Gasteiger partial charge is 0.504 e. The lowest BCUT2D eigenvalue weighted by atomic mass is 10.0. The third kappa shape index (κ3) is 3.39. The summed E-state index contributed by atoms with van der Waals surface area (Å²) in [5.41, 5.74) is 2.29. The van der Waals surface area contributed by atoms with Crippen molar-refractivity contribution in [3.63, 3.8) is 0 Å². The number of halogens is 1. The van der Waals surface area contributed by atoms with Gasteiger partial charge in [0.1, 0.15) is 17.6 Å². The number of phenols is 1. The van der Waals surface area contributed by atoms with Crippen LogP contribution in [-0.2, 0) is 6.61 Å². The molecule has 4 nitrogen and oxygen atoms in total. The Bertz CT molecular complexity index is 1170. The van der Waals surface area contributed by atoms with Crippen LogP contribution in [0, 0.1) is 0 Å². The van der Waals surface area contributed by atoms with Gasteiger partial charge in [0, 0.05) is 16.7 Å². The molecular weight excluding hydrogens is 364 g/mol. The van der Waals surface area contributed by atoms with E-state index in [1.165, 1.54) is 12.3 Å². The topological polar surface area (TPSA) is 59.7 Å². The Labute approximate surface area is 160 Å². The molecule has 134 valence electrons. The molecule has 0 bridgehead atoms. The van der Waals surface area contributed by atoms with Gasteiger partial charge in [-0.2, -0.15) is 0 Å². The van der Waals surface area contributed by atoms with E-state index in [0.717, 1.165) is 11.1 Å². The van der Waals surface area contributed by atoms with Gasteiger partial charge in [0.25, 0.3) is 0 Å². The van der Waals surface area contributed by atoms with Crippen LogP contribution in [0.3, 0.4) is 0 Å². The summed E-state index contributed by atoms with van der Waals surface area (Å²) in [5, 5.41) is 11.5. The van der Waals surface area contributed by atoms with Gasteiger partial charge in [-0.15, -0.1) is 0 Å². The van der Waals surface area contributed by atoms with Crippen molar-refractivity contribution in [2.45, 2.75) is 6.61 Å². The third-order valence-electron chi connectivity index (χ3n) is 4.24. The highest BCUT2D eigenvalue weighted by molar-refractivity contribution is 6.30. The maximum absolute atomic E-state index is 12.2. The van der Waals surface area contributed by atoms with Crippen LogP contribution in [0.25, 0.3) is 22.1 Å². The molecule has 0 aliphatic heterocycles. The fourth-order valence-corrected chi connectivity index (χ4v) is 3.18. The highest BCUT2D eigenvalue weighted by Crippen LogP contribution is 2.42. The molecule has 1 aromatic heterocycles. The Morgan fingerprint density at radius 1 is 1.00 bits per heavy atom. The number of benzene rings is 3. The fourth-order valence-electron chi connectivity index (χ4n) is 2.97. The number of hydrogen-bond acceptors (Lipinski definition) is 4. The summed E-state index contributed by atoms with van der Waals surface area (Å²) in [6.07, 6.45) is 1.31.